The van der Waals surface area contributed by atoms with E-state index < -0.39 is 11.9 Å². The minimum absolute atomic E-state index is 0.361. The standard InChI is InChI=1S/C20H12O3S2/c21-19-17-15(24-13-7-3-1-4-8-13)11-12-16(18(17)20(22)23-19)25-14-9-5-2-6-10-14/h1-12H. The molecule has 0 amide bonds. The molecule has 0 N–H and O–H groups in total. The second-order valence-corrected chi connectivity index (χ2v) is 7.55. The fourth-order valence-corrected chi connectivity index (χ4v) is 4.50. The van der Waals surface area contributed by atoms with Gasteiger partial charge in [-0.2, -0.15) is 0 Å². The molecule has 0 unspecified atom stereocenters. The Morgan fingerprint density at radius 3 is 1.36 bits per heavy atom. The maximum absolute atomic E-state index is 12.2. The lowest BCUT2D eigenvalue weighted by Gasteiger charge is -2.09. The minimum atomic E-state index is -0.575. The van der Waals surface area contributed by atoms with E-state index in [4.69, 9.17) is 4.74 Å². The minimum Gasteiger partial charge on any atom is -0.386 e. The predicted octanol–water partition coefficient (Wildman–Crippen LogP) is 5.30. The van der Waals surface area contributed by atoms with Crippen LogP contribution in [-0.4, -0.2) is 11.9 Å². The van der Waals surface area contributed by atoms with Crippen molar-refractivity contribution in [3.63, 3.8) is 0 Å². The van der Waals surface area contributed by atoms with Crippen LogP contribution in [0.3, 0.4) is 0 Å². The van der Waals surface area contributed by atoms with Crippen molar-refractivity contribution >= 4 is 35.5 Å². The highest BCUT2D eigenvalue weighted by molar-refractivity contribution is 8.00. The van der Waals surface area contributed by atoms with Crippen molar-refractivity contribution in [3.05, 3.63) is 83.9 Å². The molecule has 0 bridgehead atoms. The summed E-state index contributed by atoms with van der Waals surface area (Å²) in [5, 5.41) is 0. The van der Waals surface area contributed by atoms with Crippen molar-refractivity contribution in [2.75, 3.05) is 0 Å². The smallest absolute Gasteiger partial charge is 0.348 e. The van der Waals surface area contributed by atoms with Crippen LogP contribution < -0.4 is 0 Å². The van der Waals surface area contributed by atoms with E-state index in [9.17, 15) is 9.59 Å². The summed E-state index contributed by atoms with van der Waals surface area (Å²) >= 11 is 2.90. The zero-order valence-corrected chi connectivity index (χ0v) is 14.6. The lowest BCUT2D eigenvalue weighted by Crippen LogP contribution is -1.97. The summed E-state index contributed by atoms with van der Waals surface area (Å²) in [7, 11) is 0. The molecule has 0 saturated heterocycles. The summed E-state index contributed by atoms with van der Waals surface area (Å²) in [5.74, 6) is -1.15. The van der Waals surface area contributed by atoms with Crippen LogP contribution in [0.5, 0.6) is 0 Å². The number of ether oxygens (including phenoxy) is 1. The van der Waals surface area contributed by atoms with E-state index >= 15 is 0 Å². The number of hydrogen-bond donors (Lipinski definition) is 0. The zero-order chi connectivity index (χ0) is 17.2. The van der Waals surface area contributed by atoms with Crippen LogP contribution in [0.1, 0.15) is 20.7 Å². The molecule has 0 aromatic heterocycles. The molecule has 1 aliphatic heterocycles. The Morgan fingerprint density at radius 1 is 0.560 bits per heavy atom. The van der Waals surface area contributed by atoms with Gasteiger partial charge in [-0.25, -0.2) is 9.59 Å². The first-order valence-electron chi connectivity index (χ1n) is 7.62. The van der Waals surface area contributed by atoms with Crippen LogP contribution in [0, 0.1) is 0 Å². The SMILES string of the molecule is O=C1OC(=O)c2c(Sc3ccccc3)ccc(Sc3ccccc3)c21. The third-order valence-corrected chi connectivity index (χ3v) is 5.80. The van der Waals surface area contributed by atoms with Gasteiger partial charge in [-0.05, 0) is 36.4 Å². The topological polar surface area (TPSA) is 43.4 Å². The molecule has 0 radical (unpaired) electrons. The van der Waals surface area contributed by atoms with Crippen molar-refractivity contribution in [3.8, 4) is 0 Å². The molecule has 0 saturated carbocycles. The zero-order valence-electron chi connectivity index (χ0n) is 13.0. The van der Waals surface area contributed by atoms with Gasteiger partial charge in [0.25, 0.3) is 0 Å². The summed E-state index contributed by atoms with van der Waals surface area (Å²) in [6.45, 7) is 0. The monoisotopic (exact) mass is 364 g/mol. The van der Waals surface area contributed by atoms with Crippen LogP contribution in [0.15, 0.2) is 92.4 Å². The van der Waals surface area contributed by atoms with Crippen molar-refractivity contribution < 1.29 is 14.3 Å². The fraction of sp³-hybridized carbons (Fsp3) is 0. The van der Waals surface area contributed by atoms with Gasteiger partial charge in [0.2, 0.25) is 0 Å². The molecule has 0 fully saturated rings. The Morgan fingerprint density at radius 2 is 0.960 bits per heavy atom. The first kappa shape index (κ1) is 16.0. The van der Waals surface area contributed by atoms with Crippen LogP contribution in [0.4, 0.5) is 0 Å². The fourth-order valence-electron chi connectivity index (χ4n) is 2.56. The number of cyclic esters (lactones) is 2. The van der Waals surface area contributed by atoms with Gasteiger partial charge in [-0.15, -0.1) is 0 Å². The number of benzene rings is 3. The first-order chi connectivity index (χ1) is 12.2. The van der Waals surface area contributed by atoms with Crippen molar-refractivity contribution in [1.82, 2.24) is 0 Å². The van der Waals surface area contributed by atoms with E-state index in [1.165, 1.54) is 23.5 Å². The molecule has 1 heterocycles. The second-order valence-electron chi connectivity index (χ2n) is 5.32. The number of carbonyl (C=O) groups excluding carboxylic acids is 2. The quantitative estimate of drug-likeness (QED) is 0.464. The molecule has 0 spiro atoms. The van der Waals surface area contributed by atoms with Crippen LogP contribution >= 0.6 is 23.5 Å². The normalized spacial score (nSPS) is 12.8. The Hall–Kier alpha value is -2.50. The second kappa shape index (κ2) is 6.78. The van der Waals surface area contributed by atoms with Gasteiger partial charge >= 0.3 is 11.9 Å². The van der Waals surface area contributed by atoms with Crippen LogP contribution in [0.25, 0.3) is 0 Å². The lowest BCUT2D eigenvalue weighted by molar-refractivity contribution is 0.0441. The van der Waals surface area contributed by atoms with E-state index in [0.717, 1.165) is 19.6 Å². The summed E-state index contributed by atoms with van der Waals surface area (Å²) < 4.78 is 4.88. The summed E-state index contributed by atoms with van der Waals surface area (Å²) in [5.41, 5.74) is 0.722. The van der Waals surface area contributed by atoms with Gasteiger partial charge in [-0.1, -0.05) is 59.9 Å². The predicted molar refractivity (Wildman–Crippen MR) is 97.3 cm³/mol. The molecule has 3 aromatic carbocycles. The Kier molecular flexibility index (Phi) is 4.34. The van der Waals surface area contributed by atoms with Crippen molar-refractivity contribution in [2.24, 2.45) is 0 Å². The average molecular weight is 364 g/mol. The van der Waals surface area contributed by atoms with E-state index in [1.54, 1.807) is 0 Å². The molecular formula is C20H12O3S2. The molecule has 0 atom stereocenters. The first-order valence-corrected chi connectivity index (χ1v) is 9.25. The maximum Gasteiger partial charge on any atom is 0.348 e. The largest absolute Gasteiger partial charge is 0.386 e. The van der Waals surface area contributed by atoms with Crippen LogP contribution in [-0.2, 0) is 4.74 Å². The summed E-state index contributed by atoms with van der Waals surface area (Å²) in [6, 6.07) is 23.2. The summed E-state index contributed by atoms with van der Waals surface area (Å²) in [4.78, 5) is 27.9. The average Bonchev–Trinajstić information content (AvgIpc) is 2.94. The Bertz CT molecular complexity index is 875. The van der Waals surface area contributed by atoms with Crippen LogP contribution in [0.2, 0.25) is 0 Å². The molecule has 0 aliphatic carbocycles. The molecule has 122 valence electrons. The van der Waals surface area contributed by atoms with Gasteiger partial charge in [0.1, 0.15) is 0 Å². The number of carbonyl (C=O) groups is 2. The molecule has 25 heavy (non-hydrogen) atoms. The lowest BCUT2D eigenvalue weighted by atomic mass is 10.1. The molecule has 1 aliphatic rings. The van der Waals surface area contributed by atoms with Gasteiger partial charge in [0.05, 0.1) is 11.1 Å². The number of hydrogen-bond acceptors (Lipinski definition) is 5. The van der Waals surface area contributed by atoms with E-state index in [-0.39, 0.29) is 0 Å². The van der Waals surface area contributed by atoms with E-state index in [0.29, 0.717) is 11.1 Å². The number of rotatable bonds is 4. The Labute approximate surface area is 153 Å². The van der Waals surface area contributed by atoms with Crippen molar-refractivity contribution in [1.29, 1.82) is 0 Å². The third-order valence-electron chi connectivity index (χ3n) is 3.66. The molecular weight excluding hydrogens is 352 g/mol. The van der Waals surface area contributed by atoms with E-state index in [2.05, 4.69) is 0 Å². The highest BCUT2D eigenvalue weighted by atomic mass is 32.2. The van der Waals surface area contributed by atoms with Gasteiger partial charge in [0, 0.05) is 19.6 Å². The van der Waals surface area contributed by atoms with Gasteiger partial charge in [0.15, 0.2) is 0 Å². The number of fused-ring (bicyclic) bond motifs is 1. The molecule has 5 heteroatoms. The van der Waals surface area contributed by atoms with Gasteiger partial charge < -0.3 is 4.74 Å². The maximum atomic E-state index is 12.2. The third kappa shape index (κ3) is 3.21. The molecule has 3 nitrogen and oxygen atoms in total. The van der Waals surface area contributed by atoms with Gasteiger partial charge in [-0.3, -0.25) is 0 Å². The number of esters is 2. The molecule has 4 rings (SSSR count). The Balaban J connectivity index is 1.76. The highest BCUT2D eigenvalue weighted by Crippen LogP contribution is 2.41. The highest BCUT2D eigenvalue weighted by Gasteiger charge is 2.35. The summed E-state index contributed by atoms with van der Waals surface area (Å²) in [6.07, 6.45) is 0. The molecule has 3 aromatic rings. The van der Waals surface area contributed by atoms with E-state index in [1.807, 2.05) is 72.8 Å². The van der Waals surface area contributed by atoms with Crippen molar-refractivity contribution in [2.45, 2.75) is 19.6 Å².